The van der Waals surface area contributed by atoms with E-state index in [-0.39, 0.29) is 12.3 Å². The van der Waals surface area contributed by atoms with Crippen LogP contribution in [0, 0.1) is 6.92 Å². The summed E-state index contributed by atoms with van der Waals surface area (Å²) >= 11 is 10.9. The van der Waals surface area contributed by atoms with Gasteiger partial charge in [-0.1, -0.05) is 39.7 Å². The van der Waals surface area contributed by atoms with E-state index in [1.165, 1.54) is 11.3 Å². The average Bonchev–Trinajstić information content (AvgIpc) is 3.21. The minimum atomic E-state index is -0.0573. The van der Waals surface area contributed by atoms with E-state index in [1.807, 2.05) is 65.4 Å². The molecule has 0 radical (unpaired) electrons. The summed E-state index contributed by atoms with van der Waals surface area (Å²) in [5, 5.41) is 5.62. The SMILES string of the molecule is Cc1cc(NC(=O)Cc2csc3nc(-c4ccc(Cl)cc4)cn23)ccc1Br. The molecule has 2 aromatic heterocycles. The molecule has 27 heavy (non-hydrogen) atoms. The Balaban J connectivity index is 1.54. The number of benzene rings is 2. The number of hydrogen-bond acceptors (Lipinski definition) is 3. The molecule has 0 saturated carbocycles. The number of nitrogens with zero attached hydrogens (tertiary/aromatic N) is 2. The van der Waals surface area contributed by atoms with Gasteiger partial charge in [0.2, 0.25) is 5.91 Å². The Labute approximate surface area is 174 Å². The van der Waals surface area contributed by atoms with Gasteiger partial charge >= 0.3 is 0 Å². The summed E-state index contributed by atoms with van der Waals surface area (Å²) in [6.07, 6.45) is 2.24. The smallest absolute Gasteiger partial charge is 0.230 e. The number of carbonyl (C=O) groups is 1. The predicted octanol–water partition coefficient (Wildman–Crippen LogP) is 5.97. The molecule has 4 rings (SSSR count). The largest absolute Gasteiger partial charge is 0.326 e. The van der Waals surface area contributed by atoms with Crippen molar-refractivity contribution in [1.82, 2.24) is 9.38 Å². The molecule has 0 bridgehead atoms. The summed E-state index contributed by atoms with van der Waals surface area (Å²) in [5.74, 6) is -0.0573. The van der Waals surface area contributed by atoms with E-state index in [0.29, 0.717) is 5.02 Å². The molecule has 4 nitrogen and oxygen atoms in total. The Hall–Kier alpha value is -2.15. The number of rotatable bonds is 4. The van der Waals surface area contributed by atoms with E-state index in [1.54, 1.807) is 0 Å². The van der Waals surface area contributed by atoms with Crippen LogP contribution in [0.1, 0.15) is 11.3 Å². The van der Waals surface area contributed by atoms with Crippen LogP contribution in [0.25, 0.3) is 16.2 Å². The summed E-state index contributed by atoms with van der Waals surface area (Å²) in [7, 11) is 0. The van der Waals surface area contributed by atoms with E-state index in [0.717, 1.165) is 37.6 Å². The summed E-state index contributed by atoms with van der Waals surface area (Å²) < 4.78 is 2.99. The number of carbonyl (C=O) groups excluding carboxylic acids is 1. The number of nitrogens with one attached hydrogen (secondary N) is 1. The zero-order chi connectivity index (χ0) is 19.0. The number of hydrogen-bond donors (Lipinski definition) is 1. The first-order valence-corrected chi connectivity index (χ1v) is 10.3. The van der Waals surface area contributed by atoms with Crippen molar-refractivity contribution in [3.8, 4) is 11.3 Å². The lowest BCUT2D eigenvalue weighted by atomic mass is 10.2. The molecule has 7 heteroatoms. The number of halogens is 2. The molecule has 2 heterocycles. The normalized spacial score (nSPS) is 11.1. The van der Waals surface area contributed by atoms with E-state index < -0.39 is 0 Å². The number of imidazole rings is 1. The molecule has 0 aliphatic rings. The highest BCUT2D eigenvalue weighted by atomic mass is 79.9. The lowest BCUT2D eigenvalue weighted by molar-refractivity contribution is -0.115. The van der Waals surface area contributed by atoms with Gasteiger partial charge in [0.1, 0.15) is 0 Å². The molecule has 1 N–H and O–H groups in total. The number of thiazole rings is 1. The van der Waals surface area contributed by atoms with Crippen molar-refractivity contribution < 1.29 is 4.79 Å². The van der Waals surface area contributed by atoms with Gasteiger partial charge in [-0.3, -0.25) is 9.20 Å². The zero-order valence-electron chi connectivity index (χ0n) is 14.4. The lowest BCUT2D eigenvalue weighted by Crippen LogP contribution is -2.15. The molecule has 1 amide bonds. The Kier molecular flexibility index (Phi) is 5.04. The fourth-order valence-electron chi connectivity index (χ4n) is 2.81. The van der Waals surface area contributed by atoms with Gasteiger partial charge in [0.05, 0.1) is 12.1 Å². The van der Waals surface area contributed by atoms with E-state index in [9.17, 15) is 4.79 Å². The molecule has 0 aliphatic heterocycles. The fraction of sp³-hybridized carbons (Fsp3) is 0.100. The van der Waals surface area contributed by atoms with Crippen molar-refractivity contribution in [2.45, 2.75) is 13.3 Å². The van der Waals surface area contributed by atoms with Crippen LogP contribution in [0.4, 0.5) is 5.69 Å². The minimum absolute atomic E-state index is 0.0573. The molecule has 0 unspecified atom stereocenters. The third-order valence-electron chi connectivity index (χ3n) is 4.21. The highest BCUT2D eigenvalue weighted by Crippen LogP contribution is 2.25. The number of fused-ring (bicyclic) bond motifs is 1. The van der Waals surface area contributed by atoms with E-state index >= 15 is 0 Å². The van der Waals surface area contributed by atoms with Crippen molar-refractivity contribution in [2.75, 3.05) is 5.32 Å². The van der Waals surface area contributed by atoms with Gasteiger partial charge in [0.15, 0.2) is 4.96 Å². The van der Waals surface area contributed by atoms with Crippen molar-refractivity contribution >= 4 is 55.4 Å². The first-order valence-electron chi connectivity index (χ1n) is 8.27. The molecule has 4 aromatic rings. The van der Waals surface area contributed by atoms with Gasteiger partial charge in [-0.15, -0.1) is 11.3 Å². The summed E-state index contributed by atoms with van der Waals surface area (Å²) in [6.45, 7) is 1.99. The molecular formula is C20H15BrClN3OS. The quantitative estimate of drug-likeness (QED) is 0.408. The number of aromatic nitrogens is 2. The standard InChI is InChI=1S/C20H15BrClN3OS/c1-12-8-15(6-7-17(12)21)23-19(26)9-16-11-27-20-24-18(10-25(16)20)13-2-4-14(22)5-3-13/h2-8,10-11H,9H2,1H3,(H,23,26). The van der Waals surface area contributed by atoms with Crippen LogP contribution in [0.5, 0.6) is 0 Å². The van der Waals surface area contributed by atoms with Crippen LogP contribution in [0.3, 0.4) is 0 Å². The van der Waals surface area contributed by atoms with Crippen LogP contribution >= 0.6 is 38.9 Å². The predicted molar refractivity (Wildman–Crippen MR) is 115 cm³/mol. The van der Waals surface area contributed by atoms with Crippen LogP contribution in [0.2, 0.25) is 5.02 Å². The number of amides is 1. The lowest BCUT2D eigenvalue weighted by Gasteiger charge is -2.07. The monoisotopic (exact) mass is 459 g/mol. The van der Waals surface area contributed by atoms with Crippen LogP contribution in [-0.4, -0.2) is 15.3 Å². The molecule has 0 atom stereocenters. The molecule has 136 valence electrons. The Morgan fingerprint density at radius 2 is 2.04 bits per heavy atom. The Morgan fingerprint density at radius 3 is 2.78 bits per heavy atom. The summed E-state index contributed by atoms with van der Waals surface area (Å²) in [4.78, 5) is 18.0. The van der Waals surface area contributed by atoms with Gasteiger partial charge in [-0.2, -0.15) is 0 Å². The second-order valence-corrected chi connectivity index (χ2v) is 8.33. The summed E-state index contributed by atoms with van der Waals surface area (Å²) in [5.41, 5.74) is 4.64. The maximum atomic E-state index is 12.5. The number of anilines is 1. The van der Waals surface area contributed by atoms with E-state index in [4.69, 9.17) is 11.6 Å². The maximum absolute atomic E-state index is 12.5. The van der Waals surface area contributed by atoms with Gasteiger partial charge in [-0.25, -0.2) is 4.98 Å². The average molecular weight is 461 g/mol. The molecule has 0 saturated heterocycles. The molecule has 0 fully saturated rings. The molecule has 2 aromatic carbocycles. The van der Waals surface area contributed by atoms with Gasteiger partial charge in [0, 0.05) is 38.0 Å². The third kappa shape index (κ3) is 3.93. The van der Waals surface area contributed by atoms with Crippen molar-refractivity contribution in [2.24, 2.45) is 0 Å². The maximum Gasteiger partial charge on any atom is 0.230 e. The fourth-order valence-corrected chi connectivity index (χ4v) is 4.05. The van der Waals surface area contributed by atoms with Crippen LogP contribution < -0.4 is 5.32 Å². The first-order chi connectivity index (χ1) is 13.0. The highest BCUT2D eigenvalue weighted by molar-refractivity contribution is 9.10. The first kappa shape index (κ1) is 18.2. The van der Waals surface area contributed by atoms with Gasteiger partial charge in [0.25, 0.3) is 0 Å². The molecule has 0 spiro atoms. The van der Waals surface area contributed by atoms with Crippen molar-refractivity contribution in [1.29, 1.82) is 0 Å². The molecular weight excluding hydrogens is 446 g/mol. The Bertz CT molecular complexity index is 1130. The van der Waals surface area contributed by atoms with Gasteiger partial charge in [-0.05, 0) is 42.8 Å². The van der Waals surface area contributed by atoms with Crippen molar-refractivity contribution in [3.05, 3.63) is 74.8 Å². The second kappa shape index (κ2) is 7.46. The van der Waals surface area contributed by atoms with E-state index in [2.05, 4.69) is 26.2 Å². The third-order valence-corrected chi connectivity index (χ3v) is 6.24. The number of aryl methyl sites for hydroxylation is 1. The van der Waals surface area contributed by atoms with Crippen LogP contribution in [-0.2, 0) is 11.2 Å². The Morgan fingerprint density at radius 1 is 1.26 bits per heavy atom. The minimum Gasteiger partial charge on any atom is -0.326 e. The molecule has 0 aliphatic carbocycles. The van der Waals surface area contributed by atoms with Gasteiger partial charge < -0.3 is 5.32 Å². The topological polar surface area (TPSA) is 46.4 Å². The van der Waals surface area contributed by atoms with Crippen molar-refractivity contribution in [3.63, 3.8) is 0 Å². The summed E-state index contributed by atoms with van der Waals surface area (Å²) in [6, 6.07) is 13.3. The highest BCUT2D eigenvalue weighted by Gasteiger charge is 2.13. The zero-order valence-corrected chi connectivity index (χ0v) is 17.5. The second-order valence-electron chi connectivity index (χ2n) is 6.20. The van der Waals surface area contributed by atoms with Crippen LogP contribution in [0.15, 0.2) is 58.5 Å².